The minimum Gasteiger partial charge on any atom is -0.477 e. The number of aromatic nitrogens is 2. The number of pyridine rings is 2. The number of benzene rings is 5. The molecule has 0 aliphatic rings. The molecule has 5 aromatic carbocycles. The van der Waals surface area contributed by atoms with Crippen LogP contribution in [0.2, 0.25) is 19.6 Å². The zero-order valence-corrected chi connectivity index (χ0v) is 32.9. The maximum atomic E-state index is 8.35. The summed E-state index contributed by atoms with van der Waals surface area (Å²) in [6.07, 6.45) is 3.78. The smallest absolute Gasteiger partial charge is 0.124 e. The molecule has 0 aliphatic heterocycles. The first-order valence-corrected chi connectivity index (χ1v) is 20.5. The van der Waals surface area contributed by atoms with Gasteiger partial charge in [0, 0.05) is 33.9 Å². The summed E-state index contributed by atoms with van der Waals surface area (Å²) < 4.78 is 14.6. The van der Waals surface area contributed by atoms with Gasteiger partial charge in [-0.05, 0) is 62.2 Å². The van der Waals surface area contributed by atoms with Crippen LogP contribution in [0.4, 0.5) is 0 Å². The van der Waals surface area contributed by atoms with Gasteiger partial charge in [0.15, 0.2) is 0 Å². The number of rotatable bonds is 6. The fourth-order valence-electron chi connectivity index (χ4n) is 6.06. The predicted octanol–water partition coefficient (Wildman–Crippen LogP) is 12.0. The van der Waals surface area contributed by atoms with Gasteiger partial charge < -0.3 is 14.4 Å². The summed E-state index contributed by atoms with van der Waals surface area (Å²) in [5.74, 6) is -0.688. The molecule has 0 saturated carbocycles. The van der Waals surface area contributed by atoms with E-state index in [1.807, 2.05) is 80.7 Å². The molecule has 3 aromatic heterocycles. The first kappa shape index (κ1) is 34.5. The van der Waals surface area contributed by atoms with E-state index in [4.69, 9.17) is 5.79 Å². The molecule has 0 N–H and O–H groups in total. The minimum atomic E-state index is -1.23. The number of furan rings is 1. The van der Waals surface area contributed by atoms with Gasteiger partial charge in [-0.1, -0.05) is 135 Å². The molecular weight excluding hydrogens is 817 g/mol. The summed E-state index contributed by atoms with van der Waals surface area (Å²) in [7, 11) is -1.23. The fourth-order valence-corrected chi connectivity index (χ4v) is 7.09. The first-order valence-electron chi connectivity index (χ1n) is 17.5. The molecule has 8 aromatic rings. The van der Waals surface area contributed by atoms with Crippen LogP contribution in [0.1, 0.15) is 26.7 Å². The molecule has 0 atom stereocenters. The van der Waals surface area contributed by atoms with E-state index in [9.17, 15) is 0 Å². The largest absolute Gasteiger partial charge is 0.477 e. The Labute approximate surface area is 317 Å². The zero-order valence-electron chi connectivity index (χ0n) is 30.5. The zero-order chi connectivity index (χ0) is 35.6. The van der Waals surface area contributed by atoms with Crippen molar-refractivity contribution >= 4 is 35.2 Å². The summed E-state index contributed by atoms with van der Waals surface area (Å²) in [5.41, 5.74) is 10.9. The third-order valence-corrected chi connectivity index (χ3v) is 11.0. The van der Waals surface area contributed by atoms with Gasteiger partial charge in [-0.2, -0.15) is 0 Å². The molecule has 3 nitrogen and oxygen atoms in total. The molecule has 0 amide bonds. The van der Waals surface area contributed by atoms with Crippen molar-refractivity contribution in [2.75, 3.05) is 0 Å². The maximum absolute atomic E-state index is 8.35. The van der Waals surface area contributed by atoms with Crippen LogP contribution in [0.15, 0.2) is 150 Å². The van der Waals surface area contributed by atoms with Gasteiger partial charge in [0.2, 0.25) is 0 Å². The second-order valence-electron chi connectivity index (χ2n) is 13.7. The second-order valence-corrected chi connectivity index (χ2v) is 18.8. The van der Waals surface area contributed by atoms with Crippen molar-refractivity contribution in [1.29, 1.82) is 0 Å². The van der Waals surface area contributed by atoms with E-state index < -0.39 is 14.0 Å². The van der Waals surface area contributed by atoms with Crippen LogP contribution in [0, 0.1) is 12.1 Å². The normalized spacial score (nSPS) is 11.7. The van der Waals surface area contributed by atoms with E-state index in [1.54, 1.807) is 6.20 Å². The van der Waals surface area contributed by atoms with Crippen LogP contribution in [0.5, 0.6) is 0 Å². The quantitative estimate of drug-likeness (QED) is 0.124. The van der Waals surface area contributed by atoms with Crippen LogP contribution in [0.25, 0.3) is 66.7 Å². The summed E-state index contributed by atoms with van der Waals surface area (Å²) in [5, 5.41) is 3.52. The monoisotopic (exact) mass is 858 g/mol. The van der Waals surface area contributed by atoms with E-state index in [2.05, 4.69) is 115 Å². The maximum Gasteiger partial charge on any atom is 0.124 e. The summed E-state index contributed by atoms with van der Waals surface area (Å²) >= 11 is 0. The number of fused-ring (bicyclic) bond motifs is 3. The molecule has 0 fully saturated rings. The molecular formula is C46H40IrN2OSi-2. The Bertz CT molecular complexity index is 2410. The summed E-state index contributed by atoms with van der Waals surface area (Å²) in [6, 6.07) is 52.1. The van der Waals surface area contributed by atoms with Gasteiger partial charge in [0.25, 0.3) is 0 Å². The van der Waals surface area contributed by atoms with Crippen molar-refractivity contribution in [3.8, 4) is 44.8 Å². The number of hydrogen-bond donors (Lipinski definition) is 0. The Morgan fingerprint density at radius 3 is 2.12 bits per heavy atom. The summed E-state index contributed by atoms with van der Waals surface area (Å²) in [6.45, 7) is 10.8. The number of nitrogens with zero attached hydrogens (tertiary/aromatic N) is 2. The van der Waals surface area contributed by atoms with Gasteiger partial charge in [-0.15, -0.1) is 53.6 Å². The van der Waals surface area contributed by atoms with Crippen LogP contribution in [0.3, 0.4) is 0 Å². The molecule has 0 bridgehead atoms. The average molecular weight is 858 g/mol. The van der Waals surface area contributed by atoms with Crippen molar-refractivity contribution in [2.45, 2.75) is 39.4 Å². The van der Waals surface area contributed by atoms with Crippen molar-refractivity contribution in [1.82, 2.24) is 9.97 Å². The van der Waals surface area contributed by atoms with Gasteiger partial charge >= 0.3 is 0 Å². The molecule has 255 valence electrons. The Morgan fingerprint density at radius 2 is 1.43 bits per heavy atom. The van der Waals surface area contributed by atoms with Crippen molar-refractivity contribution in [3.63, 3.8) is 0 Å². The average Bonchev–Trinajstić information content (AvgIpc) is 3.54. The third-order valence-electron chi connectivity index (χ3n) is 8.95. The van der Waals surface area contributed by atoms with Gasteiger partial charge in [-0.25, -0.2) is 0 Å². The molecule has 0 unspecified atom stereocenters. The van der Waals surface area contributed by atoms with E-state index in [1.165, 1.54) is 16.3 Å². The van der Waals surface area contributed by atoms with Crippen LogP contribution >= 0.6 is 0 Å². The third kappa shape index (κ3) is 8.02. The Kier molecular flexibility index (Phi) is 10.5. The van der Waals surface area contributed by atoms with Gasteiger partial charge in [0.05, 0.1) is 13.7 Å². The Balaban J connectivity index is 0.000000230. The van der Waals surface area contributed by atoms with Crippen molar-refractivity contribution < 1.29 is 25.9 Å². The second kappa shape index (κ2) is 15.5. The minimum absolute atomic E-state index is 0. The molecule has 0 spiro atoms. The molecule has 8 rings (SSSR count). The molecule has 0 saturated heterocycles. The van der Waals surface area contributed by atoms with E-state index in [-0.39, 0.29) is 20.1 Å². The standard InChI is InChI=1S/C32H24NO.C14H16NSi.Ir/c1-21(2)25-17-18-33-29(19-25)26-15-16-28-31(20-26)34-30-10-6-9-27(32(28)30)24-13-11-23(12-14-24)22-7-4-3-5-8-22;1-16(2,3)13-9-10-14(15-11-13)12-7-5-4-6-8-12;/h3-19,21H,1-2H3;4-7,9-11H,1-3H3;/q2*-1;/i21D;;. The molecule has 51 heavy (non-hydrogen) atoms. The van der Waals surface area contributed by atoms with Gasteiger partial charge in [-0.3, -0.25) is 0 Å². The molecule has 0 aliphatic carbocycles. The fraction of sp³-hybridized carbons (Fsp3) is 0.130. The number of hydrogen-bond acceptors (Lipinski definition) is 3. The van der Waals surface area contributed by atoms with Crippen LogP contribution in [-0.4, -0.2) is 18.0 Å². The Morgan fingerprint density at radius 1 is 0.686 bits per heavy atom. The SMILES string of the molecule is C[Si](C)(C)c1ccc(-c2[c-]cccc2)nc1.[2H]C(C)(C)c1ccnc(-c2[c-]c3oc4cccc(-c5ccc(-c6ccccc6)cc5)c4c3cc2)c1.[Ir]. The Hall–Kier alpha value is -4.93. The van der Waals surface area contributed by atoms with E-state index >= 15 is 0 Å². The van der Waals surface area contributed by atoms with Crippen LogP contribution in [-0.2, 0) is 20.1 Å². The molecule has 3 heterocycles. The van der Waals surface area contributed by atoms with Crippen molar-refractivity contribution in [2.24, 2.45) is 0 Å². The topological polar surface area (TPSA) is 38.9 Å². The molecule has 1 radical (unpaired) electrons. The predicted molar refractivity (Wildman–Crippen MR) is 212 cm³/mol. The van der Waals surface area contributed by atoms with Crippen LogP contribution < -0.4 is 5.19 Å². The van der Waals surface area contributed by atoms with E-state index in [0.29, 0.717) is 5.58 Å². The first-order chi connectivity index (χ1) is 24.5. The van der Waals surface area contributed by atoms with Gasteiger partial charge in [0.1, 0.15) is 5.58 Å². The van der Waals surface area contributed by atoms with Crippen molar-refractivity contribution in [3.05, 3.63) is 164 Å². The summed E-state index contributed by atoms with van der Waals surface area (Å²) in [4.78, 5) is 9.04. The molecule has 5 heteroatoms. The van der Waals surface area contributed by atoms with E-state index in [0.717, 1.165) is 55.6 Å².